The van der Waals surface area contributed by atoms with Gasteiger partial charge in [0.25, 0.3) is 0 Å². The molecule has 0 aliphatic rings. The smallest absolute Gasteiger partial charge is 0.160 e. The van der Waals surface area contributed by atoms with Gasteiger partial charge in [-0.25, -0.2) is 0 Å². The maximum absolute atomic E-state index is 6.10. The maximum atomic E-state index is 6.10. The average Bonchev–Trinajstić information content (AvgIpc) is 2.97. The maximum Gasteiger partial charge on any atom is 0.160 e. The molecule has 0 N–H and O–H groups in total. The highest BCUT2D eigenvalue weighted by atomic mass is 79.9. The molecule has 4 aromatic rings. The normalized spacial score (nSPS) is 11.0. The van der Waals surface area contributed by atoms with Crippen molar-refractivity contribution in [3.8, 4) is 22.6 Å². The lowest BCUT2D eigenvalue weighted by molar-refractivity contribution is 0.487. The lowest BCUT2D eigenvalue weighted by Gasteiger charge is -2.06. The Hall–Kier alpha value is -2.10. The van der Waals surface area contributed by atoms with Crippen LogP contribution in [0, 0.1) is 0 Å². The van der Waals surface area contributed by atoms with E-state index in [9.17, 15) is 0 Å². The summed E-state index contributed by atoms with van der Waals surface area (Å²) in [4.78, 5) is 0. The molecule has 0 aliphatic heterocycles. The number of ether oxygens (including phenoxy) is 1. The number of fused-ring (bicyclic) bond motifs is 1. The van der Waals surface area contributed by atoms with E-state index in [1.54, 1.807) is 11.3 Å². The minimum atomic E-state index is 0.849. The number of hydrogen-bond acceptors (Lipinski definition) is 2. The van der Waals surface area contributed by atoms with Crippen LogP contribution in [-0.2, 0) is 6.42 Å². The van der Waals surface area contributed by atoms with E-state index in [4.69, 9.17) is 4.74 Å². The fourth-order valence-corrected chi connectivity index (χ4v) is 4.57. The van der Waals surface area contributed by atoms with Crippen molar-refractivity contribution >= 4 is 37.4 Å². The molecule has 1 heterocycles. The molecule has 1 aromatic heterocycles. The first-order valence-electron chi connectivity index (χ1n) is 8.29. The quantitative estimate of drug-likeness (QED) is 0.336. The third-order valence-electron chi connectivity index (χ3n) is 4.26. The van der Waals surface area contributed by atoms with E-state index in [1.807, 2.05) is 30.3 Å². The molecule has 0 fully saturated rings. The third-order valence-corrected chi connectivity index (χ3v) is 6.03. The molecule has 25 heavy (non-hydrogen) atoms. The molecule has 0 aliphatic carbocycles. The van der Waals surface area contributed by atoms with Crippen LogP contribution in [0.15, 0.2) is 76.6 Å². The first-order chi connectivity index (χ1) is 12.2. The first kappa shape index (κ1) is 16.4. The number of para-hydroxylation sites is 1. The highest BCUT2D eigenvalue weighted by molar-refractivity contribution is 9.11. The van der Waals surface area contributed by atoms with Crippen LogP contribution in [-0.4, -0.2) is 0 Å². The van der Waals surface area contributed by atoms with Crippen molar-refractivity contribution in [2.24, 2.45) is 0 Å². The van der Waals surface area contributed by atoms with Gasteiger partial charge < -0.3 is 4.74 Å². The molecule has 0 atom stereocenters. The van der Waals surface area contributed by atoms with Gasteiger partial charge in [0.2, 0.25) is 0 Å². The summed E-state index contributed by atoms with van der Waals surface area (Å²) in [6.07, 6.45) is 1.07. The van der Waals surface area contributed by atoms with Crippen molar-refractivity contribution in [3.63, 3.8) is 0 Å². The molecule has 0 radical (unpaired) electrons. The molecule has 0 bridgehead atoms. The molecule has 4 rings (SSSR count). The van der Waals surface area contributed by atoms with Gasteiger partial charge in [0.1, 0.15) is 9.54 Å². The lowest BCUT2D eigenvalue weighted by atomic mass is 10.0. The van der Waals surface area contributed by atoms with Crippen LogP contribution in [0.25, 0.3) is 21.2 Å². The summed E-state index contributed by atoms with van der Waals surface area (Å²) in [5, 5.41) is 1.13. The molecule has 3 heteroatoms. The topological polar surface area (TPSA) is 9.23 Å². The van der Waals surface area contributed by atoms with Gasteiger partial charge in [0.05, 0.1) is 0 Å². The monoisotopic (exact) mass is 408 g/mol. The molecule has 3 aromatic carbocycles. The van der Waals surface area contributed by atoms with E-state index in [0.29, 0.717) is 0 Å². The Labute approximate surface area is 160 Å². The number of aryl methyl sites for hydroxylation is 1. The largest absolute Gasteiger partial charge is 0.455 e. The van der Waals surface area contributed by atoms with Crippen molar-refractivity contribution in [1.29, 1.82) is 0 Å². The van der Waals surface area contributed by atoms with Crippen LogP contribution in [0.1, 0.15) is 12.5 Å². The molecule has 0 saturated carbocycles. The Balaban J connectivity index is 1.72. The molecule has 124 valence electrons. The Bertz CT molecular complexity index is 1000. The summed E-state index contributed by atoms with van der Waals surface area (Å²) in [5.41, 5.74) is 3.84. The van der Waals surface area contributed by atoms with E-state index >= 15 is 0 Å². The second-order valence-electron chi connectivity index (χ2n) is 5.88. The summed E-state index contributed by atoms with van der Waals surface area (Å²) < 4.78 is 8.34. The molecular formula is C22H17BrOS. The van der Waals surface area contributed by atoms with Crippen molar-refractivity contribution in [2.45, 2.75) is 13.3 Å². The predicted molar refractivity (Wildman–Crippen MR) is 111 cm³/mol. The molecule has 0 unspecified atom stereocenters. The Morgan fingerprint density at radius 3 is 2.32 bits per heavy atom. The van der Waals surface area contributed by atoms with Crippen LogP contribution in [0.4, 0.5) is 0 Å². The van der Waals surface area contributed by atoms with Crippen LogP contribution >= 0.6 is 27.3 Å². The zero-order valence-corrected chi connectivity index (χ0v) is 16.2. The van der Waals surface area contributed by atoms with E-state index in [0.717, 1.165) is 27.1 Å². The molecule has 0 amide bonds. The minimum absolute atomic E-state index is 0.849. The lowest BCUT2D eigenvalue weighted by Crippen LogP contribution is -1.83. The summed E-state index contributed by atoms with van der Waals surface area (Å²) in [6, 6.07) is 25.3. The third kappa shape index (κ3) is 3.35. The van der Waals surface area contributed by atoms with Gasteiger partial charge in [-0.3, -0.25) is 0 Å². The zero-order chi connectivity index (χ0) is 17.2. The van der Waals surface area contributed by atoms with Gasteiger partial charge in [-0.05, 0) is 63.3 Å². The number of hydrogen-bond donors (Lipinski definition) is 0. The second kappa shape index (κ2) is 7.03. The summed E-state index contributed by atoms with van der Waals surface area (Å²) in [5.74, 6) is 1.74. The van der Waals surface area contributed by atoms with Crippen molar-refractivity contribution in [3.05, 3.63) is 82.1 Å². The van der Waals surface area contributed by atoms with Gasteiger partial charge in [-0.1, -0.05) is 55.5 Å². The molecule has 0 spiro atoms. The van der Waals surface area contributed by atoms with E-state index in [-0.39, 0.29) is 0 Å². The van der Waals surface area contributed by atoms with E-state index in [1.165, 1.54) is 21.4 Å². The highest BCUT2D eigenvalue weighted by Crippen LogP contribution is 2.44. The van der Waals surface area contributed by atoms with Crippen molar-refractivity contribution in [1.82, 2.24) is 0 Å². The first-order valence-corrected chi connectivity index (χ1v) is 9.90. The Morgan fingerprint density at radius 2 is 1.60 bits per heavy atom. The fourth-order valence-electron chi connectivity index (χ4n) is 2.86. The zero-order valence-electron chi connectivity index (χ0n) is 13.8. The standard InChI is InChI=1S/C22H17BrOS/c1-2-15-8-10-16(11-9-15)17-12-13-19-20(14-17)25-22(23)21(19)24-18-6-4-3-5-7-18/h3-14H,2H2,1H3. The molecule has 1 nitrogen and oxygen atoms in total. The minimum Gasteiger partial charge on any atom is -0.455 e. The van der Waals surface area contributed by atoms with Crippen LogP contribution < -0.4 is 4.74 Å². The SMILES string of the molecule is CCc1ccc(-c2ccc3c(Oc4ccccc4)c(Br)sc3c2)cc1. The second-order valence-corrected chi connectivity index (χ2v) is 8.25. The summed E-state index contributed by atoms with van der Waals surface area (Å²) in [6.45, 7) is 2.18. The Morgan fingerprint density at radius 1 is 0.880 bits per heavy atom. The van der Waals surface area contributed by atoms with Gasteiger partial charge in [0.15, 0.2) is 5.75 Å². The van der Waals surface area contributed by atoms with Crippen LogP contribution in [0.5, 0.6) is 11.5 Å². The fraction of sp³-hybridized carbons (Fsp3) is 0.0909. The molecular weight excluding hydrogens is 392 g/mol. The van der Waals surface area contributed by atoms with Crippen LogP contribution in [0.3, 0.4) is 0 Å². The van der Waals surface area contributed by atoms with Gasteiger partial charge in [-0.2, -0.15) is 0 Å². The molecule has 0 saturated heterocycles. The summed E-state index contributed by atoms with van der Waals surface area (Å²) >= 11 is 5.37. The number of benzene rings is 3. The average molecular weight is 409 g/mol. The van der Waals surface area contributed by atoms with Crippen molar-refractivity contribution in [2.75, 3.05) is 0 Å². The van der Waals surface area contributed by atoms with Crippen LogP contribution in [0.2, 0.25) is 0 Å². The van der Waals surface area contributed by atoms with Gasteiger partial charge >= 0.3 is 0 Å². The van der Waals surface area contributed by atoms with Crippen molar-refractivity contribution < 1.29 is 4.74 Å². The van der Waals surface area contributed by atoms with Gasteiger partial charge in [-0.15, -0.1) is 11.3 Å². The summed E-state index contributed by atoms with van der Waals surface area (Å²) in [7, 11) is 0. The Kier molecular flexibility index (Phi) is 4.60. The van der Waals surface area contributed by atoms with Gasteiger partial charge in [0, 0.05) is 10.1 Å². The number of rotatable bonds is 4. The highest BCUT2D eigenvalue weighted by Gasteiger charge is 2.13. The van der Waals surface area contributed by atoms with E-state index in [2.05, 4.69) is 65.3 Å². The number of thiophene rings is 1. The van der Waals surface area contributed by atoms with E-state index < -0.39 is 0 Å². The number of halogens is 1. The predicted octanol–water partition coefficient (Wildman–Crippen LogP) is 7.69.